The van der Waals surface area contributed by atoms with Gasteiger partial charge in [-0.15, -0.1) is 0 Å². The summed E-state index contributed by atoms with van der Waals surface area (Å²) in [5.74, 6) is 3.53. The molecule has 4 aliphatic rings. The van der Waals surface area contributed by atoms with Gasteiger partial charge in [0.25, 0.3) is 0 Å². The fourth-order valence-electron chi connectivity index (χ4n) is 18.0. The molecule has 16 aromatic carbocycles. The zero-order chi connectivity index (χ0) is 68.9. The third-order valence-electron chi connectivity index (χ3n) is 22.2. The molecule has 0 saturated heterocycles. The van der Waals surface area contributed by atoms with E-state index in [1.165, 1.54) is 55.6 Å². The molecule has 0 atom stereocenters. The Labute approximate surface area is 604 Å². The van der Waals surface area contributed by atoms with E-state index in [0.29, 0.717) is 0 Å². The molecule has 0 radical (unpaired) electrons. The van der Waals surface area contributed by atoms with Crippen LogP contribution in [0.2, 0.25) is 0 Å². The van der Waals surface area contributed by atoms with Gasteiger partial charge in [0, 0.05) is 72.6 Å². The number of furan rings is 3. The predicted molar refractivity (Wildman–Crippen MR) is 424 cm³/mol. The number of para-hydroxylation sites is 7. The Morgan fingerprint density at radius 1 is 0.200 bits per heavy atom. The molecule has 2 aliphatic heterocycles. The van der Waals surface area contributed by atoms with Crippen LogP contribution in [0.4, 0.5) is 34.1 Å². The maximum absolute atomic E-state index is 6.81. The molecule has 492 valence electrons. The van der Waals surface area contributed by atoms with E-state index in [2.05, 4.69) is 362 Å². The van der Waals surface area contributed by atoms with Gasteiger partial charge in [-0.25, -0.2) is 0 Å². The van der Waals surface area contributed by atoms with Crippen LogP contribution in [-0.2, 0) is 10.8 Å². The second-order valence-electron chi connectivity index (χ2n) is 27.6. The fraction of sp³-hybridized carbons (Fsp3) is 0.0204. The summed E-state index contributed by atoms with van der Waals surface area (Å²) >= 11 is 0. The molecule has 0 fully saturated rings. The first-order chi connectivity index (χ1) is 52.1. The van der Waals surface area contributed by atoms with Crippen LogP contribution < -0.4 is 19.3 Å². The molecular formula is C98H60N2O5. The highest BCUT2D eigenvalue weighted by atomic mass is 16.5. The van der Waals surface area contributed by atoms with E-state index in [1.54, 1.807) is 0 Å². The minimum atomic E-state index is -0.574. The smallest absolute Gasteiger partial charge is 0.137 e. The van der Waals surface area contributed by atoms with E-state index in [0.717, 1.165) is 145 Å². The Balaban J connectivity index is 0.000000132. The average Bonchev–Trinajstić information content (AvgIpc) is 1.54. The summed E-state index contributed by atoms with van der Waals surface area (Å²) in [5.41, 5.74) is 27.0. The summed E-state index contributed by atoms with van der Waals surface area (Å²) in [6.45, 7) is 0. The number of benzene rings is 16. The Bertz CT molecular complexity index is 6660. The third kappa shape index (κ3) is 8.55. The van der Waals surface area contributed by atoms with Crippen LogP contribution >= 0.6 is 0 Å². The quantitative estimate of drug-likeness (QED) is 0.158. The average molecular weight is 1350 g/mol. The van der Waals surface area contributed by atoms with Gasteiger partial charge < -0.3 is 32.5 Å². The molecular weight excluding hydrogens is 1290 g/mol. The SMILES string of the molecule is c1ccc(-c2ccc(N(c3ccccc3)c3cccc4oc5cc6c(cc5c34)C3(c4ccccc4Oc4ccccc43)c3ccccc3-6)cc2)cc1.c1ccc(N(c2ccc3c(c2)oc2ccccc23)c2cccc3oc4cc5c(cc4c23)C2(c3ccccc3Oc3ccccc32)c2ccccc2-5)cc1. The van der Waals surface area contributed by atoms with Crippen molar-refractivity contribution in [1.29, 1.82) is 0 Å². The van der Waals surface area contributed by atoms with Crippen molar-refractivity contribution in [3.8, 4) is 56.4 Å². The van der Waals surface area contributed by atoms with Crippen LogP contribution in [0.5, 0.6) is 23.0 Å². The molecule has 19 aromatic rings. The van der Waals surface area contributed by atoms with Gasteiger partial charge in [-0.1, -0.05) is 231 Å². The molecule has 105 heavy (non-hydrogen) atoms. The summed E-state index contributed by atoms with van der Waals surface area (Å²) in [4.78, 5) is 4.67. The molecule has 7 nitrogen and oxygen atoms in total. The van der Waals surface area contributed by atoms with Gasteiger partial charge in [-0.2, -0.15) is 0 Å². The van der Waals surface area contributed by atoms with Gasteiger partial charge in [0.15, 0.2) is 0 Å². The monoisotopic (exact) mass is 1340 g/mol. The first-order valence-corrected chi connectivity index (χ1v) is 35.8. The number of ether oxygens (including phenoxy) is 2. The summed E-state index contributed by atoms with van der Waals surface area (Å²) in [6.07, 6.45) is 0. The summed E-state index contributed by atoms with van der Waals surface area (Å²) in [5, 5.41) is 6.49. The van der Waals surface area contributed by atoms with E-state index in [9.17, 15) is 0 Å². The van der Waals surface area contributed by atoms with E-state index >= 15 is 0 Å². The maximum Gasteiger partial charge on any atom is 0.137 e. The number of hydrogen-bond donors (Lipinski definition) is 0. The van der Waals surface area contributed by atoms with Gasteiger partial charge in [0.2, 0.25) is 0 Å². The fourth-order valence-corrected chi connectivity index (χ4v) is 18.0. The van der Waals surface area contributed by atoms with Crippen molar-refractivity contribution < 1.29 is 22.7 Å². The van der Waals surface area contributed by atoms with E-state index in [-0.39, 0.29) is 0 Å². The maximum atomic E-state index is 6.81. The standard InChI is InChI=1S/C49H29NO3.C49H31NO2/c1-2-13-30(14-3-1)50(31-25-26-34-33-16-5-9-21-42(33)51-46(34)27-31)41-20-12-24-45-48(41)36-28-40-35(29-47(36)53-45)32-15-4-6-17-37(32)49(40)38-18-7-10-22-43(38)52-44-23-11-8-19-39(44)49;1-3-14-32(15-4-1)33-26-28-35(29-27-33)50(34-16-5-2-6-17-34)43-22-13-25-46-48(43)38-30-42-37(31-47(38)52-46)36-18-7-8-19-39(36)49(42)40-20-9-11-23-44(40)51-45-24-12-10-21-41(45)49/h1-29H;1-31H. The molecule has 0 bridgehead atoms. The predicted octanol–water partition coefficient (Wildman–Crippen LogP) is 26.6. The van der Waals surface area contributed by atoms with Gasteiger partial charge >= 0.3 is 0 Å². The second-order valence-corrected chi connectivity index (χ2v) is 27.6. The van der Waals surface area contributed by atoms with E-state index in [4.69, 9.17) is 22.7 Å². The molecule has 2 aliphatic carbocycles. The van der Waals surface area contributed by atoms with Gasteiger partial charge in [-0.3, -0.25) is 0 Å². The van der Waals surface area contributed by atoms with Crippen molar-refractivity contribution in [2.24, 2.45) is 0 Å². The number of nitrogens with zero attached hydrogens (tertiary/aromatic N) is 2. The number of rotatable bonds is 7. The van der Waals surface area contributed by atoms with Crippen LogP contribution in [0.3, 0.4) is 0 Å². The van der Waals surface area contributed by atoms with Gasteiger partial charge in [0.1, 0.15) is 56.5 Å². The second kappa shape index (κ2) is 22.8. The number of anilines is 6. The van der Waals surface area contributed by atoms with Gasteiger partial charge in [-0.05, 0) is 183 Å². The molecule has 0 saturated carbocycles. The molecule has 3 aromatic heterocycles. The van der Waals surface area contributed by atoms with Crippen LogP contribution in [0.15, 0.2) is 377 Å². The molecule has 0 N–H and O–H groups in total. The van der Waals surface area contributed by atoms with Crippen molar-refractivity contribution in [2.75, 3.05) is 9.80 Å². The Morgan fingerprint density at radius 3 is 1.05 bits per heavy atom. The zero-order valence-corrected chi connectivity index (χ0v) is 56.6. The van der Waals surface area contributed by atoms with Crippen molar-refractivity contribution in [1.82, 2.24) is 0 Å². The van der Waals surface area contributed by atoms with Crippen LogP contribution in [-0.4, -0.2) is 0 Å². The van der Waals surface area contributed by atoms with E-state index < -0.39 is 10.8 Å². The lowest BCUT2D eigenvalue weighted by molar-refractivity contribution is 0.436. The summed E-state index contributed by atoms with van der Waals surface area (Å²) in [7, 11) is 0. The topological polar surface area (TPSA) is 64.4 Å². The first kappa shape index (κ1) is 58.9. The molecule has 5 heterocycles. The minimum absolute atomic E-state index is 0.559. The normalized spacial score (nSPS) is 13.4. The highest BCUT2D eigenvalue weighted by molar-refractivity contribution is 6.17. The lowest BCUT2D eigenvalue weighted by atomic mass is 9.66. The minimum Gasteiger partial charge on any atom is -0.457 e. The number of hydrogen-bond acceptors (Lipinski definition) is 7. The Kier molecular flexibility index (Phi) is 12.8. The van der Waals surface area contributed by atoms with E-state index in [1.807, 2.05) is 12.1 Å². The van der Waals surface area contributed by atoms with Crippen molar-refractivity contribution >= 4 is 99.9 Å². The first-order valence-electron chi connectivity index (χ1n) is 35.8. The molecule has 23 rings (SSSR count). The van der Waals surface area contributed by atoms with Crippen LogP contribution in [0, 0.1) is 0 Å². The lowest BCUT2D eigenvalue weighted by Crippen LogP contribution is -2.32. The third-order valence-corrected chi connectivity index (χ3v) is 22.2. The number of fused-ring (bicyclic) bond motifs is 27. The van der Waals surface area contributed by atoms with Crippen LogP contribution in [0.1, 0.15) is 44.5 Å². The van der Waals surface area contributed by atoms with Crippen LogP contribution in [0.25, 0.3) is 99.2 Å². The molecule has 0 amide bonds. The molecule has 7 heteroatoms. The summed E-state index contributed by atoms with van der Waals surface area (Å²) < 4.78 is 33.2. The highest BCUT2D eigenvalue weighted by Crippen LogP contribution is 2.65. The molecule has 0 unspecified atom stereocenters. The van der Waals surface area contributed by atoms with Crippen molar-refractivity contribution in [3.05, 3.63) is 408 Å². The largest absolute Gasteiger partial charge is 0.457 e. The van der Waals surface area contributed by atoms with Gasteiger partial charge in [0.05, 0.1) is 33.0 Å². The van der Waals surface area contributed by atoms with Crippen molar-refractivity contribution in [2.45, 2.75) is 10.8 Å². The highest BCUT2D eigenvalue weighted by Gasteiger charge is 2.53. The lowest BCUT2D eigenvalue weighted by Gasteiger charge is -2.39. The zero-order valence-electron chi connectivity index (χ0n) is 56.6. The molecule has 2 spiro atoms. The summed E-state index contributed by atoms with van der Waals surface area (Å²) in [6, 6.07) is 129. The van der Waals surface area contributed by atoms with Crippen molar-refractivity contribution in [3.63, 3.8) is 0 Å². The Morgan fingerprint density at radius 2 is 0.552 bits per heavy atom. The Hall–Kier alpha value is -13.9.